The number of hydrogen-bond acceptors (Lipinski definition) is 2. The van der Waals surface area contributed by atoms with Crippen molar-refractivity contribution in [3.05, 3.63) is 35.4 Å². The molecule has 0 bridgehead atoms. The Morgan fingerprint density at radius 3 is 2.32 bits per heavy atom. The predicted octanol–water partition coefficient (Wildman–Crippen LogP) is 4.27. The van der Waals surface area contributed by atoms with E-state index < -0.39 is 0 Å². The zero-order chi connectivity index (χ0) is 16.3. The Morgan fingerprint density at radius 2 is 1.73 bits per heavy atom. The van der Waals surface area contributed by atoms with Crippen molar-refractivity contribution in [3.63, 3.8) is 0 Å². The van der Waals surface area contributed by atoms with E-state index in [0.29, 0.717) is 18.1 Å². The molecule has 0 aliphatic carbocycles. The highest BCUT2D eigenvalue weighted by Gasteiger charge is 2.24. The molecule has 1 fully saturated rings. The van der Waals surface area contributed by atoms with Crippen molar-refractivity contribution in [1.82, 2.24) is 4.90 Å². The summed E-state index contributed by atoms with van der Waals surface area (Å²) in [6.45, 7) is 17.0. The summed E-state index contributed by atoms with van der Waals surface area (Å²) >= 11 is 0. The first-order chi connectivity index (χ1) is 10.3. The lowest BCUT2D eigenvalue weighted by Gasteiger charge is -2.36. The third kappa shape index (κ3) is 4.82. The van der Waals surface area contributed by atoms with Crippen LogP contribution in [0.4, 0.5) is 0 Å². The Labute approximate surface area is 136 Å². The molecule has 2 rings (SSSR count). The molecule has 1 aromatic rings. The van der Waals surface area contributed by atoms with Gasteiger partial charge >= 0.3 is 0 Å². The lowest BCUT2D eigenvalue weighted by molar-refractivity contribution is -0.0709. The van der Waals surface area contributed by atoms with Gasteiger partial charge in [0.1, 0.15) is 0 Å². The van der Waals surface area contributed by atoms with Crippen LogP contribution in [0.1, 0.15) is 52.7 Å². The van der Waals surface area contributed by atoms with E-state index in [9.17, 15) is 0 Å². The summed E-state index contributed by atoms with van der Waals surface area (Å²) in [6.07, 6.45) is 1.88. The highest BCUT2D eigenvalue weighted by atomic mass is 16.5. The molecule has 1 aliphatic rings. The molecule has 2 heteroatoms. The first-order valence-corrected chi connectivity index (χ1v) is 8.72. The summed E-state index contributed by atoms with van der Waals surface area (Å²) in [4.78, 5) is 2.57. The van der Waals surface area contributed by atoms with E-state index in [0.717, 1.165) is 26.1 Å². The van der Waals surface area contributed by atoms with Crippen LogP contribution in [-0.4, -0.2) is 36.7 Å². The fourth-order valence-corrected chi connectivity index (χ4v) is 3.74. The number of benzene rings is 1. The molecule has 124 valence electrons. The van der Waals surface area contributed by atoms with Crippen LogP contribution in [-0.2, 0) is 16.6 Å². The summed E-state index contributed by atoms with van der Waals surface area (Å²) in [5.74, 6) is 0.668. The van der Waals surface area contributed by atoms with Crippen LogP contribution in [0.25, 0.3) is 0 Å². The van der Waals surface area contributed by atoms with Crippen molar-refractivity contribution in [3.8, 4) is 0 Å². The quantitative estimate of drug-likeness (QED) is 0.823. The van der Waals surface area contributed by atoms with Crippen molar-refractivity contribution < 1.29 is 4.74 Å². The Balaban J connectivity index is 1.99. The van der Waals surface area contributed by atoms with Crippen LogP contribution < -0.4 is 0 Å². The van der Waals surface area contributed by atoms with Gasteiger partial charge in [-0.05, 0) is 42.7 Å². The van der Waals surface area contributed by atoms with Gasteiger partial charge in [0.25, 0.3) is 0 Å². The Morgan fingerprint density at radius 1 is 1.14 bits per heavy atom. The molecule has 3 unspecified atom stereocenters. The Bertz CT molecular complexity index is 467. The summed E-state index contributed by atoms with van der Waals surface area (Å²) in [7, 11) is 0. The number of morpholine rings is 1. The van der Waals surface area contributed by atoms with Gasteiger partial charge in [-0.1, -0.05) is 52.0 Å². The van der Waals surface area contributed by atoms with Gasteiger partial charge in [0.2, 0.25) is 0 Å². The molecular weight excluding hydrogens is 270 g/mol. The van der Waals surface area contributed by atoms with Gasteiger partial charge < -0.3 is 4.74 Å². The molecule has 1 aromatic carbocycles. The van der Waals surface area contributed by atoms with E-state index >= 15 is 0 Å². The molecule has 22 heavy (non-hydrogen) atoms. The van der Waals surface area contributed by atoms with Crippen molar-refractivity contribution in [2.24, 2.45) is 5.92 Å². The second-order valence-electron chi connectivity index (χ2n) is 8.19. The van der Waals surface area contributed by atoms with E-state index in [1.165, 1.54) is 11.1 Å². The first-order valence-electron chi connectivity index (χ1n) is 8.72. The monoisotopic (exact) mass is 303 g/mol. The number of ether oxygens (including phenoxy) is 1. The summed E-state index contributed by atoms with van der Waals surface area (Å²) in [5.41, 5.74) is 3.22. The van der Waals surface area contributed by atoms with Crippen molar-refractivity contribution in [2.45, 2.75) is 65.6 Å². The largest absolute Gasteiger partial charge is 0.373 e. The predicted molar refractivity (Wildman–Crippen MR) is 94.5 cm³/mol. The van der Waals surface area contributed by atoms with Gasteiger partial charge in [0, 0.05) is 19.6 Å². The maximum Gasteiger partial charge on any atom is 0.0678 e. The maximum absolute atomic E-state index is 5.84. The molecule has 0 N–H and O–H groups in total. The number of hydrogen-bond donors (Lipinski definition) is 0. The van der Waals surface area contributed by atoms with Gasteiger partial charge in [0.15, 0.2) is 0 Å². The highest BCUT2D eigenvalue weighted by molar-refractivity contribution is 5.33. The molecule has 0 saturated carbocycles. The molecule has 1 heterocycles. The van der Waals surface area contributed by atoms with Gasteiger partial charge in [-0.3, -0.25) is 4.90 Å². The molecule has 0 amide bonds. The fourth-order valence-electron chi connectivity index (χ4n) is 3.74. The lowest BCUT2D eigenvalue weighted by atomic mass is 9.81. The number of nitrogens with zero attached hydrogens (tertiary/aromatic N) is 1. The van der Waals surface area contributed by atoms with Gasteiger partial charge in [0.05, 0.1) is 12.2 Å². The van der Waals surface area contributed by atoms with E-state index in [1.54, 1.807) is 0 Å². The Kier molecular flexibility index (Phi) is 5.68. The highest BCUT2D eigenvalue weighted by Crippen LogP contribution is 2.27. The zero-order valence-electron chi connectivity index (χ0n) is 15.2. The molecule has 0 radical (unpaired) electrons. The third-order valence-electron chi connectivity index (χ3n) is 4.46. The average molecular weight is 303 g/mol. The molecule has 3 atom stereocenters. The number of rotatable bonds is 4. The third-order valence-corrected chi connectivity index (χ3v) is 4.46. The lowest BCUT2D eigenvalue weighted by Crippen LogP contribution is -2.47. The van der Waals surface area contributed by atoms with Gasteiger partial charge in [-0.2, -0.15) is 0 Å². The van der Waals surface area contributed by atoms with Gasteiger partial charge in [-0.15, -0.1) is 0 Å². The smallest absolute Gasteiger partial charge is 0.0678 e. The van der Waals surface area contributed by atoms with Crippen LogP contribution >= 0.6 is 0 Å². The van der Waals surface area contributed by atoms with Crippen LogP contribution in [0.5, 0.6) is 0 Å². The van der Waals surface area contributed by atoms with Gasteiger partial charge in [-0.25, -0.2) is 0 Å². The average Bonchev–Trinajstić information content (AvgIpc) is 2.36. The van der Waals surface area contributed by atoms with Crippen LogP contribution in [0.2, 0.25) is 0 Å². The molecule has 1 saturated heterocycles. The van der Waals surface area contributed by atoms with Crippen molar-refractivity contribution in [2.75, 3.05) is 19.6 Å². The molecule has 2 nitrogen and oxygen atoms in total. The molecule has 1 aliphatic heterocycles. The van der Waals surface area contributed by atoms with E-state index in [2.05, 4.69) is 70.7 Å². The maximum atomic E-state index is 5.84. The van der Waals surface area contributed by atoms with E-state index in [-0.39, 0.29) is 5.41 Å². The standard InChI is InChI=1S/C20H33NO/c1-15(12-21-13-16(2)22-17(3)14-21)11-18-9-7-8-10-19(18)20(4,5)6/h7-10,15-17H,11-14H2,1-6H3. The van der Waals surface area contributed by atoms with Crippen LogP contribution in [0.3, 0.4) is 0 Å². The summed E-state index contributed by atoms with van der Waals surface area (Å²) in [5, 5.41) is 0. The molecule has 0 spiro atoms. The normalized spacial score (nSPS) is 25.2. The summed E-state index contributed by atoms with van der Waals surface area (Å²) in [6, 6.07) is 8.94. The summed E-state index contributed by atoms with van der Waals surface area (Å²) < 4.78 is 5.84. The fraction of sp³-hybridized carbons (Fsp3) is 0.700. The van der Waals surface area contributed by atoms with Crippen molar-refractivity contribution >= 4 is 0 Å². The Hall–Kier alpha value is -0.860. The molecule has 0 aromatic heterocycles. The topological polar surface area (TPSA) is 12.5 Å². The zero-order valence-corrected chi connectivity index (χ0v) is 15.2. The SMILES string of the molecule is CC(Cc1ccccc1C(C)(C)C)CN1CC(C)OC(C)C1. The van der Waals surface area contributed by atoms with Crippen molar-refractivity contribution in [1.29, 1.82) is 0 Å². The minimum atomic E-state index is 0.221. The van der Waals surface area contributed by atoms with E-state index in [4.69, 9.17) is 4.74 Å². The van der Waals surface area contributed by atoms with Crippen LogP contribution in [0.15, 0.2) is 24.3 Å². The van der Waals surface area contributed by atoms with E-state index in [1.807, 2.05) is 0 Å². The second-order valence-corrected chi connectivity index (χ2v) is 8.19. The second kappa shape index (κ2) is 7.14. The first kappa shape index (κ1) is 17.5. The van der Waals surface area contributed by atoms with Crippen LogP contribution in [0, 0.1) is 5.92 Å². The minimum absolute atomic E-state index is 0.221. The molecular formula is C20H33NO. The minimum Gasteiger partial charge on any atom is -0.373 e.